The first-order valence-corrected chi connectivity index (χ1v) is 8.54. The minimum atomic E-state index is -4.38. The minimum absolute atomic E-state index is 0.109. The molecule has 1 aromatic carbocycles. The number of nitrogens with zero attached hydrogens (tertiary/aromatic N) is 4. The van der Waals surface area contributed by atoms with Crippen molar-refractivity contribution in [3.8, 4) is 0 Å². The van der Waals surface area contributed by atoms with Gasteiger partial charge >= 0.3 is 12.2 Å². The summed E-state index contributed by atoms with van der Waals surface area (Å²) < 4.78 is 39.7. The molecule has 6 nitrogen and oxygen atoms in total. The first kappa shape index (κ1) is 16.9. The summed E-state index contributed by atoms with van der Waals surface area (Å²) in [5.41, 5.74) is -0.370. The van der Waals surface area contributed by atoms with Crippen molar-refractivity contribution in [3.63, 3.8) is 0 Å². The van der Waals surface area contributed by atoms with Crippen LogP contribution in [0.4, 0.5) is 23.7 Å². The standard InChI is InChI=1S/C17H18F3N5O/c18-17(19,20)11-1-3-12(4-2-11)22-16(26)25-13-5-6-14(25)10-15(9-13)24-8-7-21-23-24/h1-4,7-8,13-15H,5-6,9-10H2,(H,22,26). The Labute approximate surface area is 148 Å². The smallest absolute Gasteiger partial charge is 0.318 e. The van der Waals surface area contributed by atoms with Crippen molar-refractivity contribution in [2.75, 3.05) is 5.32 Å². The first-order valence-electron chi connectivity index (χ1n) is 8.54. The van der Waals surface area contributed by atoms with E-state index in [0.29, 0.717) is 5.69 Å². The zero-order chi connectivity index (χ0) is 18.3. The Morgan fingerprint density at radius 1 is 1.08 bits per heavy atom. The summed E-state index contributed by atoms with van der Waals surface area (Å²) in [5.74, 6) is 0. The van der Waals surface area contributed by atoms with E-state index in [2.05, 4.69) is 15.6 Å². The van der Waals surface area contributed by atoms with Crippen LogP contribution in [-0.4, -0.2) is 38.0 Å². The lowest BCUT2D eigenvalue weighted by Crippen LogP contribution is -2.48. The van der Waals surface area contributed by atoms with E-state index in [1.165, 1.54) is 12.1 Å². The van der Waals surface area contributed by atoms with Crippen molar-refractivity contribution >= 4 is 11.7 Å². The van der Waals surface area contributed by atoms with Gasteiger partial charge in [0.25, 0.3) is 0 Å². The molecule has 0 saturated carbocycles. The van der Waals surface area contributed by atoms with Gasteiger partial charge in [-0.05, 0) is 49.9 Å². The van der Waals surface area contributed by atoms with E-state index in [4.69, 9.17) is 0 Å². The highest BCUT2D eigenvalue weighted by molar-refractivity contribution is 5.90. The van der Waals surface area contributed by atoms with Gasteiger partial charge in [-0.2, -0.15) is 13.2 Å². The molecule has 26 heavy (non-hydrogen) atoms. The van der Waals surface area contributed by atoms with Gasteiger partial charge < -0.3 is 10.2 Å². The molecule has 4 rings (SSSR count). The molecule has 1 aromatic heterocycles. The number of carbonyl (C=O) groups excluding carboxylic acids is 1. The summed E-state index contributed by atoms with van der Waals surface area (Å²) in [6.07, 6.45) is 2.56. The third kappa shape index (κ3) is 3.13. The summed E-state index contributed by atoms with van der Waals surface area (Å²) in [6.45, 7) is 0. The molecule has 2 aliphatic heterocycles. The van der Waals surface area contributed by atoms with Crippen LogP contribution in [0.15, 0.2) is 36.7 Å². The molecular weight excluding hydrogens is 347 g/mol. The second-order valence-electron chi connectivity index (χ2n) is 6.81. The Hall–Kier alpha value is -2.58. The number of hydrogen-bond acceptors (Lipinski definition) is 3. The second-order valence-corrected chi connectivity index (χ2v) is 6.81. The van der Waals surface area contributed by atoms with Crippen LogP contribution >= 0.6 is 0 Å². The Balaban J connectivity index is 1.43. The number of anilines is 1. The number of fused-ring (bicyclic) bond motifs is 2. The van der Waals surface area contributed by atoms with Gasteiger partial charge in [-0.25, -0.2) is 9.48 Å². The predicted molar refractivity (Wildman–Crippen MR) is 87.4 cm³/mol. The van der Waals surface area contributed by atoms with Gasteiger partial charge in [0, 0.05) is 24.0 Å². The third-order valence-electron chi connectivity index (χ3n) is 5.22. The highest BCUT2D eigenvalue weighted by Crippen LogP contribution is 2.40. The molecule has 2 atom stereocenters. The number of piperidine rings is 1. The van der Waals surface area contributed by atoms with Crippen LogP contribution in [0.1, 0.15) is 37.3 Å². The molecule has 2 aromatic rings. The lowest BCUT2D eigenvalue weighted by atomic mass is 9.98. The predicted octanol–water partition coefficient (Wildman–Crippen LogP) is 3.70. The van der Waals surface area contributed by atoms with Crippen LogP contribution < -0.4 is 5.32 Å². The van der Waals surface area contributed by atoms with E-state index in [1.807, 2.05) is 15.8 Å². The number of carbonyl (C=O) groups is 1. The summed E-state index contributed by atoms with van der Waals surface area (Å²) in [7, 11) is 0. The Morgan fingerprint density at radius 2 is 1.73 bits per heavy atom. The number of aromatic nitrogens is 3. The summed E-state index contributed by atoms with van der Waals surface area (Å²) in [4.78, 5) is 14.5. The highest BCUT2D eigenvalue weighted by Gasteiger charge is 2.44. The maximum absolute atomic E-state index is 12.7. The number of nitrogens with one attached hydrogen (secondary N) is 1. The van der Waals surface area contributed by atoms with E-state index in [0.717, 1.165) is 37.8 Å². The zero-order valence-electron chi connectivity index (χ0n) is 13.9. The Morgan fingerprint density at radius 3 is 2.27 bits per heavy atom. The molecule has 2 aliphatic rings. The van der Waals surface area contributed by atoms with Crippen molar-refractivity contribution in [1.29, 1.82) is 0 Å². The molecule has 0 radical (unpaired) electrons. The van der Waals surface area contributed by atoms with Gasteiger partial charge in [0.1, 0.15) is 0 Å². The molecule has 9 heteroatoms. The Kier molecular flexibility index (Phi) is 4.08. The molecule has 3 heterocycles. The van der Waals surface area contributed by atoms with Crippen molar-refractivity contribution < 1.29 is 18.0 Å². The number of alkyl halides is 3. The quantitative estimate of drug-likeness (QED) is 0.883. The van der Waals surface area contributed by atoms with E-state index in [-0.39, 0.29) is 24.2 Å². The van der Waals surface area contributed by atoms with Crippen LogP contribution in [0.3, 0.4) is 0 Å². The fraction of sp³-hybridized carbons (Fsp3) is 0.471. The third-order valence-corrected chi connectivity index (χ3v) is 5.22. The van der Waals surface area contributed by atoms with E-state index < -0.39 is 11.7 Å². The molecule has 2 bridgehead atoms. The van der Waals surface area contributed by atoms with Crippen molar-refractivity contribution in [2.24, 2.45) is 0 Å². The molecule has 2 amide bonds. The SMILES string of the molecule is O=C(Nc1ccc(C(F)(F)F)cc1)N1C2CCC1CC(n1ccnn1)C2. The highest BCUT2D eigenvalue weighted by atomic mass is 19.4. The zero-order valence-corrected chi connectivity index (χ0v) is 13.9. The van der Waals surface area contributed by atoms with Gasteiger partial charge in [-0.15, -0.1) is 5.10 Å². The molecule has 0 spiro atoms. The molecule has 2 saturated heterocycles. The number of benzene rings is 1. The number of urea groups is 1. The molecule has 138 valence electrons. The van der Waals surface area contributed by atoms with Gasteiger partial charge in [0.15, 0.2) is 0 Å². The number of halogens is 3. The largest absolute Gasteiger partial charge is 0.416 e. The number of amides is 2. The summed E-state index contributed by atoms with van der Waals surface area (Å²) in [6, 6.07) is 4.70. The van der Waals surface area contributed by atoms with E-state index in [9.17, 15) is 18.0 Å². The molecule has 1 N–H and O–H groups in total. The topological polar surface area (TPSA) is 63.1 Å². The van der Waals surface area contributed by atoms with Crippen LogP contribution in [0, 0.1) is 0 Å². The van der Waals surface area contributed by atoms with Gasteiger partial charge in [0.2, 0.25) is 0 Å². The van der Waals surface area contributed by atoms with E-state index >= 15 is 0 Å². The maximum Gasteiger partial charge on any atom is 0.416 e. The molecule has 0 aliphatic carbocycles. The molecular formula is C17H18F3N5O. The monoisotopic (exact) mass is 365 g/mol. The average molecular weight is 365 g/mol. The van der Waals surface area contributed by atoms with Gasteiger partial charge in [0.05, 0.1) is 17.8 Å². The Bertz CT molecular complexity index is 761. The number of rotatable bonds is 2. The fourth-order valence-corrected chi connectivity index (χ4v) is 4.04. The lowest BCUT2D eigenvalue weighted by molar-refractivity contribution is -0.137. The second kappa shape index (κ2) is 6.30. The van der Waals surface area contributed by atoms with Crippen LogP contribution in [-0.2, 0) is 6.18 Å². The molecule has 2 unspecified atom stereocenters. The lowest BCUT2D eigenvalue weighted by Gasteiger charge is -2.38. The average Bonchev–Trinajstić information content (AvgIpc) is 3.21. The van der Waals surface area contributed by atoms with Crippen molar-refractivity contribution in [2.45, 2.75) is 50.0 Å². The van der Waals surface area contributed by atoms with Crippen molar-refractivity contribution in [3.05, 3.63) is 42.2 Å². The van der Waals surface area contributed by atoms with Crippen LogP contribution in [0.25, 0.3) is 0 Å². The van der Waals surface area contributed by atoms with Crippen LogP contribution in [0.5, 0.6) is 0 Å². The van der Waals surface area contributed by atoms with Gasteiger partial charge in [-0.1, -0.05) is 5.21 Å². The van der Waals surface area contributed by atoms with E-state index in [1.54, 1.807) is 6.20 Å². The normalized spacial score (nSPS) is 25.3. The first-order chi connectivity index (χ1) is 12.4. The number of hydrogen-bond donors (Lipinski definition) is 1. The van der Waals surface area contributed by atoms with Gasteiger partial charge in [-0.3, -0.25) is 0 Å². The maximum atomic E-state index is 12.7. The van der Waals surface area contributed by atoms with Crippen LogP contribution in [0.2, 0.25) is 0 Å². The minimum Gasteiger partial charge on any atom is -0.318 e. The fourth-order valence-electron chi connectivity index (χ4n) is 4.04. The summed E-state index contributed by atoms with van der Waals surface area (Å²) in [5, 5.41) is 10.6. The van der Waals surface area contributed by atoms with Crippen molar-refractivity contribution in [1.82, 2.24) is 19.9 Å². The summed E-state index contributed by atoms with van der Waals surface area (Å²) >= 11 is 0. The molecule has 2 fully saturated rings.